The lowest BCUT2D eigenvalue weighted by Crippen LogP contribution is -2.39. The minimum absolute atomic E-state index is 0.211. The summed E-state index contributed by atoms with van der Waals surface area (Å²) in [5.41, 5.74) is 2.21. The van der Waals surface area contributed by atoms with Crippen molar-refractivity contribution in [1.82, 2.24) is 4.90 Å². The third-order valence-corrected chi connectivity index (χ3v) is 4.28. The molecule has 1 aliphatic heterocycles. The SMILES string of the molecule is O=C(OCc1ccccc1)N1CCCC(C=Cc2ccccc2)C1. The van der Waals surface area contributed by atoms with Crippen LogP contribution in [0.25, 0.3) is 6.08 Å². The van der Waals surface area contributed by atoms with Crippen molar-refractivity contribution in [3.8, 4) is 0 Å². The second kappa shape index (κ2) is 8.34. The number of nitrogens with zero attached hydrogens (tertiary/aromatic N) is 1. The first-order chi connectivity index (χ1) is 11.8. The Morgan fingerprint density at radius 2 is 1.79 bits per heavy atom. The van der Waals surface area contributed by atoms with Crippen LogP contribution in [0.15, 0.2) is 66.7 Å². The van der Waals surface area contributed by atoms with E-state index in [9.17, 15) is 4.79 Å². The third-order valence-electron chi connectivity index (χ3n) is 4.28. The number of likely N-dealkylation sites (tertiary alicyclic amines) is 1. The molecule has 1 atom stereocenters. The summed E-state index contributed by atoms with van der Waals surface area (Å²) < 4.78 is 5.44. The van der Waals surface area contributed by atoms with Crippen molar-refractivity contribution in [3.63, 3.8) is 0 Å². The van der Waals surface area contributed by atoms with Crippen LogP contribution in [-0.2, 0) is 11.3 Å². The topological polar surface area (TPSA) is 29.5 Å². The van der Waals surface area contributed by atoms with Crippen LogP contribution in [0.3, 0.4) is 0 Å². The van der Waals surface area contributed by atoms with Gasteiger partial charge in [0.1, 0.15) is 6.61 Å². The molecule has 1 aliphatic rings. The van der Waals surface area contributed by atoms with E-state index in [2.05, 4.69) is 24.3 Å². The number of benzene rings is 2. The summed E-state index contributed by atoms with van der Waals surface area (Å²) in [4.78, 5) is 14.1. The summed E-state index contributed by atoms with van der Waals surface area (Å²) in [5.74, 6) is 0.392. The number of rotatable bonds is 4. The first-order valence-corrected chi connectivity index (χ1v) is 8.50. The molecule has 1 saturated heterocycles. The standard InChI is InChI=1S/C21H23NO2/c23-21(24-17-20-10-5-2-6-11-20)22-15-7-12-19(16-22)14-13-18-8-3-1-4-9-18/h1-6,8-11,13-14,19H,7,12,15-17H2. The van der Waals surface area contributed by atoms with Crippen molar-refractivity contribution in [2.75, 3.05) is 13.1 Å². The van der Waals surface area contributed by atoms with E-state index in [0.29, 0.717) is 12.5 Å². The molecule has 1 amide bonds. The molecule has 0 bridgehead atoms. The normalized spacial score (nSPS) is 17.8. The van der Waals surface area contributed by atoms with Gasteiger partial charge in [-0.3, -0.25) is 0 Å². The van der Waals surface area contributed by atoms with Gasteiger partial charge in [-0.2, -0.15) is 0 Å². The maximum atomic E-state index is 12.3. The van der Waals surface area contributed by atoms with Crippen LogP contribution in [0.1, 0.15) is 24.0 Å². The van der Waals surface area contributed by atoms with Gasteiger partial charge in [0.05, 0.1) is 0 Å². The Bertz CT molecular complexity index is 667. The summed E-state index contributed by atoms with van der Waals surface area (Å²) >= 11 is 0. The van der Waals surface area contributed by atoms with Crippen molar-refractivity contribution in [1.29, 1.82) is 0 Å². The number of piperidine rings is 1. The fourth-order valence-corrected chi connectivity index (χ4v) is 2.95. The van der Waals surface area contributed by atoms with Crippen LogP contribution >= 0.6 is 0 Å². The van der Waals surface area contributed by atoms with Gasteiger partial charge >= 0.3 is 6.09 Å². The average molecular weight is 321 g/mol. The number of carbonyl (C=O) groups excluding carboxylic acids is 1. The molecule has 3 heteroatoms. The molecular weight excluding hydrogens is 298 g/mol. The van der Waals surface area contributed by atoms with Crippen molar-refractivity contribution >= 4 is 12.2 Å². The number of ether oxygens (including phenoxy) is 1. The van der Waals surface area contributed by atoms with E-state index in [1.54, 1.807) is 0 Å². The van der Waals surface area contributed by atoms with Gasteiger partial charge in [-0.05, 0) is 29.9 Å². The molecule has 2 aromatic rings. The van der Waals surface area contributed by atoms with Gasteiger partial charge in [0, 0.05) is 13.1 Å². The van der Waals surface area contributed by atoms with E-state index in [-0.39, 0.29) is 6.09 Å². The maximum absolute atomic E-state index is 12.3. The Labute approximate surface area is 143 Å². The molecule has 0 N–H and O–H groups in total. The molecule has 1 heterocycles. The molecule has 0 radical (unpaired) electrons. The lowest BCUT2D eigenvalue weighted by Gasteiger charge is -2.30. The predicted octanol–water partition coefficient (Wildman–Crippen LogP) is 4.75. The van der Waals surface area contributed by atoms with Crippen LogP contribution in [0.4, 0.5) is 4.79 Å². The van der Waals surface area contributed by atoms with Crippen LogP contribution in [-0.4, -0.2) is 24.1 Å². The number of carbonyl (C=O) groups is 1. The van der Waals surface area contributed by atoms with Gasteiger partial charge in [0.15, 0.2) is 0 Å². The lowest BCUT2D eigenvalue weighted by molar-refractivity contribution is 0.0836. The summed E-state index contributed by atoms with van der Waals surface area (Å²) in [6.45, 7) is 1.85. The third kappa shape index (κ3) is 4.72. The molecule has 3 rings (SSSR count). The van der Waals surface area contributed by atoms with Crippen molar-refractivity contribution in [3.05, 3.63) is 77.9 Å². The zero-order valence-corrected chi connectivity index (χ0v) is 13.8. The van der Waals surface area contributed by atoms with E-state index in [0.717, 1.165) is 31.5 Å². The molecule has 124 valence electrons. The quantitative estimate of drug-likeness (QED) is 0.813. The van der Waals surface area contributed by atoms with E-state index in [4.69, 9.17) is 4.74 Å². The van der Waals surface area contributed by atoms with Gasteiger partial charge in [-0.1, -0.05) is 72.8 Å². The first kappa shape index (κ1) is 16.3. The fraction of sp³-hybridized carbons (Fsp3) is 0.286. The van der Waals surface area contributed by atoms with Gasteiger partial charge in [0.2, 0.25) is 0 Å². The molecule has 0 spiro atoms. The molecule has 1 fully saturated rings. The highest BCUT2D eigenvalue weighted by Gasteiger charge is 2.23. The van der Waals surface area contributed by atoms with Crippen LogP contribution < -0.4 is 0 Å². The molecule has 0 aliphatic carbocycles. The van der Waals surface area contributed by atoms with Crippen LogP contribution in [0.5, 0.6) is 0 Å². The summed E-state index contributed by atoms with van der Waals surface area (Å²) in [7, 11) is 0. The van der Waals surface area contributed by atoms with E-state index >= 15 is 0 Å². The molecule has 2 aromatic carbocycles. The lowest BCUT2D eigenvalue weighted by atomic mass is 9.97. The molecule has 0 saturated carbocycles. The number of amides is 1. The van der Waals surface area contributed by atoms with Crippen molar-refractivity contribution in [2.24, 2.45) is 5.92 Å². The van der Waals surface area contributed by atoms with E-state index < -0.39 is 0 Å². The van der Waals surface area contributed by atoms with Crippen molar-refractivity contribution < 1.29 is 9.53 Å². The molecule has 24 heavy (non-hydrogen) atoms. The molecule has 0 aromatic heterocycles. The Hall–Kier alpha value is -2.55. The monoisotopic (exact) mass is 321 g/mol. The predicted molar refractivity (Wildman–Crippen MR) is 96.4 cm³/mol. The van der Waals surface area contributed by atoms with Crippen LogP contribution in [0.2, 0.25) is 0 Å². The Kier molecular flexibility index (Phi) is 5.67. The van der Waals surface area contributed by atoms with E-state index in [1.165, 1.54) is 5.56 Å². The highest BCUT2D eigenvalue weighted by Crippen LogP contribution is 2.20. The molecule has 3 nitrogen and oxygen atoms in total. The smallest absolute Gasteiger partial charge is 0.410 e. The van der Waals surface area contributed by atoms with Gasteiger partial charge < -0.3 is 9.64 Å². The maximum Gasteiger partial charge on any atom is 0.410 e. The van der Waals surface area contributed by atoms with Gasteiger partial charge in [0.25, 0.3) is 0 Å². The van der Waals surface area contributed by atoms with Gasteiger partial charge in [-0.25, -0.2) is 4.79 Å². The fourth-order valence-electron chi connectivity index (χ4n) is 2.95. The zero-order valence-electron chi connectivity index (χ0n) is 13.8. The highest BCUT2D eigenvalue weighted by atomic mass is 16.6. The Balaban J connectivity index is 1.51. The van der Waals surface area contributed by atoms with Crippen molar-refractivity contribution in [2.45, 2.75) is 19.4 Å². The number of hydrogen-bond donors (Lipinski definition) is 0. The summed E-state index contributed by atoms with van der Waals surface area (Å²) in [6, 6.07) is 20.1. The largest absolute Gasteiger partial charge is 0.445 e. The van der Waals surface area contributed by atoms with Crippen LogP contribution in [0, 0.1) is 5.92 Å². The second-order valence-corrected chi connectivity index (χ2v) is 6.16. The molecule has 1 unspecified atom stereocenters. The minimum Gasteiger partial charge on any atom is -0.445 e. The highest BCUT2D eigenvalue weighted by molar-refractivity contribution is 5.67. The van der Waals surface area contributed by atoms with Gasteiger partial charge in [-0.15, -0.1) is 0 Å². The zero-order chi connectivity index (χ0) is 16.6. The Morgan fingerprint density at radius 1 is 1.08 bits per heavy atom. The minimum atomic E-state index is -0.211. The van der Waals surface area contributed by atoms with E-state index in [1.807, 2.05) is 53.4 Å². The number of hydrogen-bond acceptors (Lipinski definition) is 2. The molecular formula is C21H23NO2. The average Bonchev–Trinajstić information content (AvgIpc) is 2.66. The second-order valence-electron chi connectivity index (χ2n) is 6.16. The first-order valence-electron chi connectivity index (χ1n) is 8.50. The summed E-state index contributed by atoms with van der Waals surface area (Å²) in [5, 5.41) is 0. The Morgan fingerprint density at radius 3 is 2.54 bits per heavy atom. The summed E-state index contributed by atoms with van der Waals surface area (Å²) in [6.07, 6.45) is 6.28.